The summed E-state index contributed by atoms with van der Waals surface area (Å²) in [7, 11) is 0. The van der Waals surface area contributed by atoms with Crippen molar-refractivity contribution in [2.24, 2.45) is 0 Å². The van der Waals surface area contributed by atoms with E-state index >= 15 is 0 Å². The van der Waals surface area contributed by atoms with Crippen LogP contribution in [-0.4, -0.2) is 41.4 Å². The summed E-state index contributed by atoms with van der Waals surface area (Å²) in [5.41, 5.74) is 0.118. The molecule has 0 aromatic carbocycles. The quantitative estimate of drug-likeness (QED) is 0.909. The van der Waals surface area contributed by atoms with E-state index in [2.05, 4.69) is 9.88 Å². The first-order valence-electron chi connectivity index (χ1n) is 6.94. The van der Waals surface area contributed by atoms with E-state index in [4.69, 9.17) is 21.4 Å². The number of morpholine rings is 1. The Balaban J connectivity index is 1.89. The highest BCUT2D eigenvalue weighted by Crippen LogP contribution is 2.34. The summed E-state index contributed by atoms with van der Waals surface area (Å²) in [6.07, 6.45) is 6.15. The fraction of sp³-hybridized carbons (Fsp3) is 0.571. The Bertz CT molecular complexity index is 521. The fourth-order valence-corrected chi connectivity index (χ4v) is 3.39. The van der Waals surface area contributed by atoms with Crippen molar-refractivity contribution in [3.63, 3.8) is 0 Å². The average Bonchev–Trinajstić information content (AvgIpc) is 2.46. The molecule has 108 valence electrons. The molecule has 20 heavy (non-hydrogen) atoms. The van der Waals surface area contributed by atoms with Gasteiger partial charge in [-0.3, -0.25) is 0 Å². The predicted octanol–water partition coefficient (Wildman–Crippen LogP) is 2.58. The molecule has 1 aliphatic carbocycles. The van der Waals surface area contributed by atoms with E-state index in [1.807, 2.05) is 0 Å². The van der Waals surface area contributed by atoms with Crippen molar-refractivity contribution in [1.82, 2.24) is 4.98 Å². The maximum absolute atomic E-state index is 10.9. The molecule has 2 heterocycles. The van der Waals surface area contributed by atoms with Gasteiger partial charge in [0.2, 0.25) is 0 Å². The highest BCUT2D eigenvalue weighted by molar-refractivity contribution is 6.33. The molecule has 2 fully saturated rings. The Morgan fingerprint density at radius 1 is 1.45 bits per heavy atom. The second-order valence-electron chi connectivity index (χ2n) is 5.29. The van der Waals surface area contributed by atoms with E-state index in [1.54, 1.807) is 0 Å². The molecule has 5 nitrogen and oxygen atoms in total. The Hall–Kier alpha value is -1.33. The third-order valence-corrected chi connectivity index (χ3v) is 4.35. The van der Waals surface area contributed by atoms with E-state index in [1.165, 1.54) is 25.1 Å². The third kappa shape index (κ3) is 2.47. The molecule has 0 spiro atoms. The molecule has 6 heteroatoms. The van der Waals surface area contributed by atoms with Gasteiger partial charge in [0.1, 0.15) is 5.82 Å². The standard InChI is InChI=1S/C14H17ClN2O3/c15-10-7-9(14(18)19)8-16-13(10)17-5-6-20-12-4-2-1-3-11(12)17/h7-8,11-12H,1-6H2,(H,18,19). The Kier molecular flexibility index (Phi) is 3.81. The van der Waals surface area contributed by atoms with E-state index in [-0.39, 0.29) is 11.7 Å². The fourth-order valence-electron chi connectivity index (χ4n) is 3.12. The van der Waals surface area contributed by atoms with Crippen LogP contribution in [0.2, 0.25) is 5.02 Å². The molecule has 3 rings (SSSR count). The van der Waals surface area contributed by atoms with Gasteiger partial charge in [-0.15, -0.1) is 0 Å². The van der Waals surface area contributed by atoms with Gasteiger partial charge in [0.15, 0.2) is 0 Å². The predicted molar refractivity (Wildman–Crippen MR) is 75.5 cm³/mol. The van der Waals surface area contributed by atoms with E-state index in [0.29, 0.717) is 23.5 Å². The molecule has 1 aliphatic heterocycles. The number of ether oxygens (including phenoxy) is 1. The Morgan fingerprint density at radius 2 is 2.25 bits per heavy atom. The maximum atomic E-state index is 10.9. The first kappa shape index (κ1) is 13.6. The van der Waals surface area contributed by atoms with Crippen LogP contribution in [0.4, 0.5) is 5.82 Å². The summed E-state index contributed by atoms with van der Waals surface area (Å²) in [5.74, 6) is -0.333. The number of halogens is 1. The first-order chi connectivity index (χ1) is 9.66. The minimum atomic E-state index is -1.01. The van der Waals surface area contributed by atoms with E-state index < -0.39 is 5.97 Å². The van der Waals surface area contributed by atoms with Gasteiger partial charge in [-0.1, -0.05) is 24.4 Å². The second kappa shape index (κ2) is 5.58. The topological polar surface area (TPSA) is 62.7 Å². The van der Waals surface area contributed by atoms with Crippen LogP contribution in [0.25, 0.3) is 0 Å². The van der Waals surface area contributed by atoms with Crippen LogP contribution < -0.4 is 4.90 Å². The molecule has 2 unspecified atom stereocenters. The van der Waals surface area contributed by atoms with Crippen molar-refractivity contribution in [2.45, 2.75) is 37.8 Å². The molecule has 0 radical (unpaired) electrons. The zero-order chi connectivity index (χ0) is 14.1. The smallest absolute Gasteiger partial charge is 0.337 e. The number of pyridine rings is 1. The van der Waals surface area contributed by atoms with Crippen LogP contribution in [0.5, 0.6) is 0 Å². The van der Waals surface area contributed by atoms with Gasteiger partial charge < -0.3 is 14.7 Å². The Morgan fingerprint density at radius 3 is 3.00 bits per heavy atom. The van der Waals surface area contributed by atoms with Crippen LogP contribution in [-0.2, 0) is 4.74 Å². The highest BCUT2D eigenvalue weighted by atomic mass is 35.5. The van der Waals surface area contributed by atoms with Crippen LogP contribution in [0.1, 0.15) is 36.0 Å². The molecule has 1 N–H and O–H groups in total. The van der Waals surface area contributed by atoms with Crippen molar-refractivity contribution in [3.05, 3.63) is 22.8 Å². The lowest BCUT2D eigenvalue weighted by atomic mass is 9.90. The molecule has 2 aliphatic rings. The van der Waals surface area contributed by atoms with E-state index in [0.717, 1.165) is 19.4 Å². The highest BCUT2D eigenvalue weighted by Gasteiger charge is 2.35. The zero-order valence-corrected chi connectivity index (χ0v) is 11.8. The number of carboxylic acids is 1. The van der Waals surface area contributed by atoms with Crippen molar-refractivity contribution in [2.75, 3.05) is 18.1 Å². The summed E-state index contributed by atoms with van der Waals surface area (Å²) >= 11 is 6.23. The molecule has 0 bridgehead atoms. The van der Waals surface area contributed by atoms with Gasteiger partial charge in [0.25, 0.3) is 0 Å². The number of aromatic nitrogens is 1. The number of carbonyl (C=O) groups is 1. The molecular formula is C14H17ClN2O3. The minimum absolute atomic E-state index is 0.118. The number of hydrogen-bond donors (Lipinski definition) is 1. The summed E-state index contributed by atoms with van der Waals surface area (Å²) in [6, 6.07) is 1.78. The van der Waals surface area contributed by atoms with Crippen LogP contribution in [0.3, 0.4) is 0 Å². The monoisotopic (exact) mass is 296 g/mol. The molecular weight excluding hydrogens is 280 g/mol. The summed E-state index contributed by atoms with van der Waals surface area (Å²) in [5, 5.41) is 9.36. The van der Waals surface area contributed by atoms with Gasteiger partial charge in [-0.2, -0.15) is 0 Å². The van der Waals surface area contributed by atoms with Crippen LogP contribution in [0, 0.1) is 0 Å². The molecule has 2 atom stereocenters. The van der Waals surface area contributed by atoms with Gasteiger partial charge in [0.05, 0.1) is 29.3 Å². The number of nitrogens with zero attached hydrogens (tertiary/aromatic N) is 2. The lowest BCUT2D eigenvalue weighted by Crippen LogP contribution is -2.53. The SMILES string of the molecule is O=C(O)c1cnc(N2CCOC3CCCCC32)c(Cl)c1. The van der Waals surface area contributed by atoms with Gasteiger partial charge >= 0.3 is 5.97 Å². The summed E-state index contributed by atoms with van der Waals surface area (Å²) < 4.78 is 5.83. The van der Waals surface area contributed by atoms with Crippen LogP contribution >= 0.6 is 11.6 Å². The summed E-state index contributed by atoms with van der Waals surface area (Å²) in [4.78, 5) is 17.4. The van der Waals surface area contributed by atoms with Crippen molar-refractivity contribution in [1.29, 1.82) is 0 Å². The molecule has 0 amide bonds. The third-order valence-electron chi connectivity index (χ3n) is 4.07. The molecule has 1 aromatic rings. The summed E-state index contributed by atoms with van der Waals surface area (Å²) in [6.45, 7) is 1.42. The zero-order valence-electron chi connectivity index (χ0n) is 11.1. The first-order valence-corrected chi connectivity index (χ1v) is 7.31. The molecule has 1 aromatic heterocycles. The van der Waals surface area contributed by atoms with Crippen molar-refractivity contribution in [3.8, 4) is 0 Å². The minimum Gasteiger partial charge on any atom is -0.478 e. The normalized spacial score (nSPS) is 26.1. The largest absolute Gasteiger partial charge is 0.478 e. The number of aromatic carboxylic acids is 1. The van der Waals surface area contributed by atoms with E-state index in [9.17, 15) is 4.79 Å². The lowest BCUT2D eigenvalue weighted by molar-refractivity contribution is -0.00898. The van der Waals surface area contributed by atoms with Crippen molar-refractivity contribution < 1.29 is 14.6 Å². The lowest BCUT2D eigenvalue weighted by Gasteiger charge is -2.44. The molecule has 1 saturated carbocycles. The number of rotatable bonds is 2. The second-order valence-corrected chi connectivity index (χ2v) is 5.70. The number of fused-ring (bicyclic) bond motifs is 1. The number of hydrogen-bond acceptors (Lipinski definition) is 4. The van der Waals surface area contributed by atoms with Gasteiger partial charge in [-0.05, 0) is 18.9 Å². The van der Waals surface area contributed by atoms with Gasteiger partial charge in [-0.25, -0.2) is 9.78 Å². The van der Waals surface area contributed by atoms with Gasteiger partial charge in [0, 0.05) is 12.7 Å². The number of carboxylic acid groups (broad SMARTS) is 1. The number of anilines is 1. The van der Waals surface area contributed by atoms with Crippen LogP contribution in [0.15, 0.2) is 12.3 Å². The van der Waals surface area contributed by atoms with Crippen molar-refractivity contribution >= 4 is 23.4 Å². The maximum Gasteiger partial charge on any atom is 0.337 e. The molecule has 1 saturated heterocycles. The Labute approximate surface area is 122 Å². The average molecular weight is 297 g/mol.